The lowest BCUT2D eigenvalue weighted by Gasteiger charge is -2.24. The zero-order chi connectivity index (χ0) is 24.4. The SMILES string of the molecule is C=Cc1ccc(CSc2nc(-c3cccc(Cl)c3)nc3c2Cc2c(CO)cnc(C=C)c2O3)cc1. The van der Waals surface area contributed by atoms with Gasteiger partial charge in [0.05, 0.1) is 12.2 Å². The van der Waals surface area contributed by atoms with Crippen LogP contribution in [0, 0.1) is 0 Å². The lowest BCUT2D eigenvalue weighted by atomic mass is 9.98. The van der Waals surface area contributed by atoms with Crippen LogP contribution in [0.15, 0.2) is 72.9 Å². The normalized spacial score (nSPS) is 11.8. The van der Waals surface area contributed by atoms with Crippen LogP contribution < -0.4 is 4.74 Å². The molecule has 0 radical (unpaired) electrons. The minimum Gasteiger partial charge on any atom is -0.436 e. The molecule has 0 amide bonds. The standard InChI is InChI=1S/C28H22ClN3O2S/c1-3-17-8-10-18(11-9-17)16-35-28-23-13-22-20(15-33)14-30-24(4-2)25(22)34-27(23)31-26(32-28)19-6-5-7-21(29)12-19/h3-12,14,33H,1-2,13,15-16H2. The van der Waals surface area contributed by atoms with E-state index in [9.17, 15) is 5.11 Å². The Bertz CT molecular complexity index is 1440. The Morgan fingerprint density at radius 1 is 1.06 bits per heavy atom. The van der Waals surface area contributed by atoms with E-state index < -0.39 is 0 Å². The fraction of sp³-hybridized carbons (Fsp3) is 0.107. The summed E-state index contributed by atoms with van der Waals surface area (Å²) >= 11 is 7.87. The zero-order valence-electron chi connectivity index (χ0n) is 18.9. The van der Waals surface area contributed by atoms with Crippen LogP contribution in [-0.4, -0.2) is 20.1 Å². The number of hydrogen-bond acceptors (Lipinski definition) is 6. The number of benzene rings is 2. The summed E-state index contributed by atoms with van der Waals surface area (Å²) in [5.41, 5.74) is 6.14. The van der Waals surface area contributed by atoms with Gasteiger partial charge in [0.25, 0.3) is 0 Å². The number of ether oxygens (including phenoxy) is 1. The van der Waals surface area contributed by atoms with Gasteiger partial charge < -0.3 is 9.84 Å². The lowest BCUT2D eigenvalue weighted by molar-refractivity contribution is 0.278. The van der Waals surface area contributed by atoms with Crippen molar-refractivity contribution in [1.82, 2.24) is 15.0 Å². The smallest absolute Gasteiger partial charge is 0.227 e. The first-order valence-corrected chi connectivity index (χ1v) is 12.4. The van der Waals surface area contributed by atoms with Crippen LogP contribution in [0.1, 0.15) is 33.5 Å². The molecule has 2 aromatic heterocycles. The Morgan fingerprint density at radius 2 is 1.89 bits per heavy atom. The number of aliphatic hydroxyl groups excluding tert-OH is 1. The van der Waals surface area contributed by atoms with Gasteiger partial charge in [0.2, 0.25) is 5.88 Å². The molecule has 0 atom stereocenters. The van der Waals surface area contributed by atoms with Gasteiger partial charge in [-0.1, -0.05) is 67.2 Å². The van der Waals surface area contributed by atoms with Crippen LogP contribution in [0.2, 0.25) is 5.02 Å². The Kier molecular flexibility index (Phi) is 6.68. The molecule has 0 unspecified atom stereocenters. The van der Waals surface area contributed by atoms with Gasteiger partial charge in [0.1, 0.15) is 10.7 Å². The predicted molar refractivity (Wildman–Crippen MR) is 142 cm³/mol. The Hall–Kier alpha value is -3.45. The third-order valence-corrected chi connectivity index (χ3v) is 7.10. The lowest BCUT2D eigenvalue weighted by Crippen LogP contribution is -2.13. The Morgan fingerprint density at radius 3 is 2.60 bits per heavy atom. The Labute approximate surface area is 213 Å². The molecule has 5 nitrogen and oxygen atoms in total. The van der Waals surface area contributed by atoms with Crippen LogP contribution in [0.5, 0.6) is 11.6 Å². The second kappa shape index (κ2) is 10.0. The summed E-state index contributed by atoms with van der Waals surface area (Å²) < 4.78 is 6.30. The number of hydrogen-bond donors (Lipinski definition) is 1. The van der Waals surface area contributed by atoms with Gasteiger partial charge in [-0.05, 0) is 29.3 Å². The average Bonchev–Trinajstić information content (AvgIpc) is 2.90. The maximum Gasteiger partial charge on any atom is 0.227 e. The number of aromatic nitrogens is 3. The molecule has 2 aromatic carbocycles. The molecule has 4 aromatic rings. The highest BCUT2D eigenvalue weighted by molar-refractivity contribution is 7.98. The molecule has 3 heterocycles. The van der Waals surface area contributed by atoms with Crippen LogP contribution in [0.25, 0.3) is 23.5 Å². The molecule has 0 fully saturated rings. The highest BCUT2D eigenvalue weighted by Gasteiger charge is 2.28. The summed E-state index contributed by atoms with van der Waals surface area (Å²) in [5.74, 6) is 2.31. The number of aliphatic hydroxyl groups is 1. The molecule has 35 heavy (non-hydrogen) atoms. The van der Waals surface area contributed by atoms with Gasteiger partial charge >= 0.3 is 0 Å². The highest BCUT2D eigenvalue weighted by atomic mass is 35.5. The van der Waals surface area contributed by atoms with Crippen LogP contribution in [0.4, 0.5) is 0 Å². The van der Waals surface area contributed by atoms with E-state index in [-0.39, 0.29) is 6.61 Å². The van der Waals surface area contributed by atoms with E-state index in [4.69, 9.17) is 26.3 Å². The Balaban J connectivity index is 1.59. The van der Waals surface area contributed by atoms with Gasteiger partial charge in [0, 0.05) is 40.1 Å². The molecule has 174 valence electrons. The summed E-state index contributed by atoms with van der Waals surface area (Å²) in [6.45, 7) is 7.54. The highest BCUT2D eigenvalue weighted by Crippen LogP contribution is 2.43. The van der Waals surface area contributed by atoms with Crippen molar-refractivity contribution in [2.24, 2.45) is 0 Å². The number of rotatable bonds is 7. The second-order valence-electron chi connectivity index (χ2n) is 8.00. The van der Waals surface area contributed by atoms with E-state index in [0.717, 1.165) is 33.0 Å². The monoisotopic (exact) mass is 499 g/mol. The number of thioether (sulfide) groups is 1. The molecule has 5 rings (SSSR count). The predicted octanol–water partition coefficient (Wildman–Crippen LogP) is 6.96. The summed E-state index contributed by atoms with van der Waals surface area (Å²) in [6.07, 6.45) is 5.67. The number of fused-ring (bicyclic) bond motifs is 2. The van der Waals surface area contributed by atoms with Gasteiger partial charge in [0.15, 0.2) is 11.6 Å². The minimum atomic E-state index is -0.134. The van der Waals surface area contributed by atoms with E-state index in [1.54, 1.807) is 24.0 Å². The first-order valence-electron chi connectivity index (χ1n) is 11.0. The molecule has 0 saturated heterocycles. The number of halogens is 1. The summed E-state index contributed by atoms with van der Waals surface area (Å²) in [4.78, 5) is 14.1. The fourth-order valence-electron chi connectivity index (χ4n) is 3.90. The molecular weight excluding hydrogens is 478 g/mol. The van der Waals surface area contributed by atoms with Crippen LogP contribution in [0.3, 0.4) is 0 Å². The van der Waals surface area contributed by atoms with Gasteiger partial charge in [-0.3, -0.25) is 4.98 Å². The molecule has 0 saturated carbocycles. The third kappa shape index (κ3) is 4.73. The van der Waals surface area contributed by atoms with Crippen LogP contribution in [-0.2, 0) is 18.8 Å². The molecule has 1 N–H and O–H groups in total. The fourth-order valence-corrected chi connectivity index (χ4v) is 5.08. The minimum absolute atomic E-state index is 0.134. The molecule has 7 heteroatoms. The number of pyridine rings is 1. The van der Waals surface area contributed by atoms with Gasteiger partial charge in [-0.25, -0.2) is 4.98 Å². The van der Waals surface area contributed by atoms with Crippen molar-refractivity contribution in [3.63, 3.8) is 0 Å². The van der Waals surface area contributed by atoms with Gasteiger partial charge in [-0.2, -0.15) is 4.98 Å². The second-order valence-corrected chi connectivity index (χ2v) is 9.40. The van der Waals surface area contributed by atoms with Crippen molar-refractivity contribution >= 4 is 35.5 Å². The molecule has 0 aliphatic carbocycles. The van der Waals surface area contributed by atoms with E-state index in [0.29, 0.717) is 40.2 Å². The maximum absolute atomic E-state index is 9.91. The van der Waals surface area contributed by atoms with Crippen molar-refractivity contribution < 1.29 is 9.84 Å². The largest absolute Gasteiger partial charge is 0.436 e. The zero-order valence-corrected chi connectivity index (χ0v) is 20.4. The maximum atomic E-state index is 9.91. The van der Waals surface area contributed by atoms with Crippen molar-refractivity contribution in [2.45, 2.75) is 23.8 Å². The van der Waals surface area contributed by atoms with E-state index >= 15 is 0 Å². The summed E-state index contributed by atoms with van der Waals surface area (Å²) in [5, 5.41) is 11.3. The molecule has 0 bridgehead atoms. The van der Waals surface area contributed by atoms with Crippen molar-refractivity contribution in [3.8, 4) is 23.0 Å². The molecule has 1 aliphatic heterocycles. The molecular formula is C28H22ClN3O2S. The van der Waals surface area contributed by atoms with E-state index in [1.165, 1.54) is 5.56 Å². The molecule has 1 aliphatic rings. The summed E-state index contributed by atoms with van der Waals surface area (Å²) in [7, 11) is 0. The summed E-state index contributed by atoms with van der Waals surface area (Å²) in [6, 6.07) is 15.7. The first kappa shape index (κ1) is 23.3. The first-order chi connectivity index (χ1) is 17.1. The third-order valence-electron chi connectivity index (χ3n) is 5.77. The number of nitrogens with zero attached hydrogens (tertiary/aromatic N) is 3. The van der Waals surface area contributed by atoms with E-state index in [2.05, 4.69) is 30.3 Å². The van der Waals surface area contributed by atoms with Crippen molar-refractivity contribution in [2.75, 3.05) is 0 Å². The topological polar surface area (TPSA) is 68.1 Å². The quantitative estimate of drug-likeness (QED) is 0.193. The average molecular weight is 500 g/mol. The van der Waals surface area contributed by atoms with Crippen LogP contribution >= 0.6 is 23.4 Å². The van der Waals surface area contributed by atoms with E-state index in [1.807, 2.05) is 42.5 Å². The van der Waals surface area contributed by atoms with Gasteiger partial charge in [-0.15, -0.1) is 11.8 Å². The van der Waals surface area contributed by atoms with Crippen molar-refractivity contribution in [3.05, 3.63) is 106 Å². The molecule has 0 spiro atoms. The van der Waals surface area contributed by atoms with Crippen molar-refractivity contribution in [1.29, 1.82) is 0 Å².